The van der Waals surface area contributed by atoms with Crippen LogP contribution < -0.4 is 10.1 Å². The molecule has 0 aromatic carbocycles. The first-order chi connectivity index (χ1) is 11.4. The number of hydrogen-bond donors (Lipinski definition) is 1. The van der Waals surface area contributed by atoms with Crippen molar-refractivity contribution >= 4 is 11.8 Å². The predicted molar refractivity (Wildman–Crippen MR) is 91.3 cm³/mol. The van der Waals surface area contributed by atoms with Crippen molar-refractivity contribution in [2.45, 2.75) is 13.8 Å². The average molecular weight is 337 g/mol. The van der Waals surface area contributed by atoms with Gasteiger partial charge < -0.3 is 14.4 Å². The molecular formula is C16H27N5O3. The van der Waals surface area contributed by atoms with Crippen molar-refractivity contribution in [2.75, 3.05) is 58.9 Å². The van der Waals surface area contributed by atoms with E-state index in [4.69, 9.17) is 9.47 Å². The lowest BCUT2D eigenvalue weighted by Gasteiger charge is -2.37. The molecule has 1 fully saturated rings. The standard InChI is InChI=1S/C16H27N5O3/c1-16(2,12-21-7-9-24-10-8-21)11-20(3)15(22)17-13-5-6-14(23-4)19-18-13/h5-6H,7-12H2,1-4H3,(H,17,18,22). The SMILES string of the molecule is COc1ccc(NC(=O)N(C)CC(C)(C)CN2CCOCC2)nn1. The van der Waals surface area contributed by atoms with Crippen molar-refractivity contribution < 1.29 is 14.3 Å². The normalized spacial score (nSPS) is 15.8. The molecule has 8 nitrogen and oxygen atoms in total. The molecule has 0 radical (unpaired) electrons. The highest BCUT2D eigenvalue weighted by Crippen LogP contribution is 2.19. The molecule has 134 valence electrons. The number of anilines is 1. The van der Waals surface area contributed by atoms with E-state index in [9.17, 15) is 4.79 Å². The number of carbonyl (C=O) groups excluding carboxylic acids is 1. The molecule has 2 rings (SSSR count). The van der Waals surface area contributed by atoms with E-state index in [1.54, 1.807) is 24.1 Å². The molecular weight excluding hydrogens is 310 g/mol. The van der Waals surface area contributed by atoms with Gasteiger partial charge in [0.05, 0.1) is 20.3 Å². The van der Waals surface area contributed by atoms with E-state index in [0.717, 1.165) is 32.8 Å². The van der Waals surface area contributed by atoms with Crippen LogP contribution in [0.5, 0.6) is 5.88 Å². The van der Waals surface area contributed by atoms with E-state index >= 15 is 0 Å². The molecule has 0 atom stereocenters. The molecule has 1 saturated heterocycles. The number of ether oxygens (including phenoxy) is 2. The van der Waals surface area contributed by atoms with E-state index in [2.05, 4.69) is 34.3 Å². The fraction of sp³-hybridized carbons (Fsp3) is 0.688. The maximum Gasteiger partial charge on any atom is 0.322 e. The van der Waals surface area contributed by atoms with Crippen molar-refractivity contribution in [1.29, 1.82) is 0 Å². The van der Waals surface area contributed by atoms with Crippen LogP contribution in [0.15, 0.2) is 12.1 Å². The van der Waals surface area contributed by atoms with Gasteiger partial charge in [0.1, 0.15) is 0 Å². The van der Waals surface area contributed by atoms with Crippen LogP contribution in [0.1, 0.15) is 13.8 Å². The minimum atomic E-state index is -0.204. The second kappa shape index (κ2) is 8.25. The Morgan fingerprint density at radius 3 is 2.67 bits per heavy atom. The number of nitrogens with zero attached hydrogens (tertiary/aromatic N) is 4. The summed E-state index contributed by atoms with van der Waals surface area (Å²) in [5.41, 5.74) is -0.0188. The third-order valence-electron chi connectivity index (χ3n) is 3.85. The Morgan fingerprint density at radius 2 is 2.08 bits per heavy atom. The van der Waals surface area contributed by atoms with E-state index in [0.29, 0.717) is 18.2 Å². The number of methoxy groups -OCH3 is 1. The summed E-state index contributed by atoms with van der Waals surface area (Å²) in [5, 5.41) is 10.5. The summed E-state index contributed by atoms with van der Waals surface area (Å²) in [6.07, 6.45) is 0. The molecule has 0 aliphatic carbocycles. The fourth-order valence-electron chi connectivity index (χ4n) is 2.83. The Kier molecular flexibility index (Phi) is 6.33. The summed E-state index contributed by atoms with van der Waals surface area (Å²) >= 11 is 0. The summed E-state index contributed by atoms with van der Waals surface area (Å²) in [6, 6.07) is 3.12. The highest BCUT2D eigenvalue weighted by molar-refractivity contribution is 5.88. The molecule has 1 aromatic rings. The Balaban J connectivity index is 1.84. The van der Waals surface area contributed by atoms with E-state index < -0.39 is 0 Å². The molecule has 1 N–H and O–H groups in total. The molecule has 2 amide bonds. The molecule has 0 bridgehead atoms. The summed E-state index contributed by atoms with van der Waals surface area (Å²) in [6.45, 7) is 9.35. The highest BCUT2D eigenvalue weighted by atomic mass is 16.5. The molecule has 8 heteroatoms. The van der Waals surface area contributed by atoms with Gasteiger partial charge in [-0.15, -0.1) is 10.2 Å². The first kappa shape index (κ1) is 18.4. The second-order valence-corrected chi connectivity index (χ2v) is 6.80. The maximum absolute atomic E-state index is 12.3. The number of morpholine rings is 1. The Morgan fingerprint density at radius 1 is 1.38 bits per heavy atom. The minimum absolute atomic E-state index is 0.0188. The van der Waals surface area contributed by atoms with Crippen LogP contribution >= 0.6 is 0 Å². The molecule has 0 saturated carbocycles. The van der Waals surface area contributed by atoms with Gasteiger partial charge in [-0.3, -0.25) is 10.2 Å². The monoisotopic (exact) mass is 337 g/mol. The van der Waals surface area contributed by atoms with Gasteiger partial charge in [-0.25, -0.2) is 4.79 Å². The molecule has 1 aromatic heterocycles. The van der Waals surface area contributed by atoms with Gasteiger partial charge in [0.2, 0.25) is 5.88 Å². The topological polar surface area (TPSA) is 79.8 Å². The van der Waals surface area contributed by atoms with Gasteiger partial charge in [-0.2, -0.15) is 0 Å². The third kappa shape index (κ3) is 5.61. The first-order valence-electron chi connectivity index (χ1n) is 8.09. The Labute approximate surface area is 143 Å². The van der Waals surface area contributed by atoms with Gasteiger partial charge in [-0.1, -0.05) is 13.8 Å². The number of amides is 2. The van der Waals surface area contributed by atoms with Crippen LogP contribution in [0.25, 0.3) is 0 Å². The lowest BCUT2D eigenvalue weighted by atomic mass is 9.92. The molecule has 0 spiro atoms. The van der Waals surface area contributed by atoms with Crippen molar-refractivity contribution in [3.63, 3.8) is 0 Å². The van der Waals surface area contributed by atoms with Gasteiger partial charge in [0.15, 0.2) is 5.82 Å². The van der Waals surface area contributed by atoms with Gasteiger partial charge in [0.25, 0.3) is 0 Å². The predicted octanol–water partition coefficient (Wildman–Crippen LogP) is 1.31. The van der Waals surface area contributed by atoms with Gasteiger partial charge >= 0.3 is 6.03 Å². The Hall–Kier alpha value is -1.93. The number of aromatic nitrogens is 2. The van der Waals surface area contributed by atoms with Crippen molar-refractivity contribution in [1.82, 2.24) is 20.0 Å². The van der Waals surface area contributed by atoms with Crippen LogP contribution in [0, 0.1) is 5.41 Å². The zero-order valence-corrected chi connectivity index (χ0v) is 14.9. The maximum atomic E-state index is 12.3. The third-order valence-corrected chi connectivity index (χ3v) is 3.85. The fourth-order valence-corrected chi connectivity index (χ4v) is 2.83. The second-order valence-electron chi connectivity index (χ2n) is 6.80. The van der Waals surface area contributed by atoms with Gasteiger partial charge in [0, 0.05) is 39.3 Å². The summed E-state index contributed by atoms with van der Waals surface area (Å²) in [5.74, 6) is 0.812. The zero-order valence-electron chi connectivity index (χ0n) is 14.9. The highest BCUT2D eigenvalue weighted by Gasteiger charge is 2.26. The number of nitrogens with one attached hydrogen (secondary N) is 1. The number of urea groups is 1. The van der Waals surface area contributed by atoms with Gasteiger partial charge in [-0.05, 0) is 11.5 Å². The van der Waals surface area contributed by atoms with Crippen LogP contribution in [0.3, 0.4) is 0 Å². The quantitative estimate of drug-likeness (QED) is 0.843. The van der Waals surface area contributed by atoms with Crippen LogP contribution in [0.2, 0.25) is 0 Å². The lowest BCUT2D eigenvalue weighted by Crippen LogP contribution is -2.47. The molecule has 1 aliphatic heterocycles. The largest absolute Gasteiger partial charge is 0.480 e. The van der Waals surface area contributed by atoms with Crippen molar-refractivity contribution in [2.24, 2.45) is 5.41 Å². The lowest BCUT2D eigenvalue weighted by molar-refractivity contribution is 0.0182. The zero-order chi connectivity index (χ0) is 17.6. The minimum Gasteiger partial charge on any atom is -0.480 e. The first-order valence-corrected chi connectivity index (χ1v) is 8.09. The van der Waals surface area contributed by atoms with Crippen LogP contribution in [-0.4, -0.2) is 79.6 Å². The van der Waals surface area contributed by atoms with E-state index in [1.807, 2.05) is 0 Å². The average Bonchev–Trinajstić information content (AvgIpc) is 2.55. The molecule has 2 heterocycles. The summed E-state index contributed by atoms with van der Waals surface area (Å²) in [4.78, 5) is 16.4. The van der Waals surface area contributed by atoms with Crippen LogP contribution in [0.4, 0.5) is 10.6 Å². The molecule has 24 heavy (non-hydrogen) atoms. The number of hydrogen-bond acceptors (Lipinski definition) is 6. The molecule has 0 unspecified atom stereocenters. The number of carbonyl (C=O) groups is 1. The smallest absolute Gasteiger partial charge is 0.322 e. The van der Waals surface area contributed by atoms with Crippen molar-refractivity contribution in [3.05, 3.63) is 12.1 Å². The molecule has 1 aliphatic rings. The van der Waals surface area contributed by atoms with Crippen molar-refractivity contribution in [3.8, 4) is 5.88 Å². The summed E-state index contributed by atoms with van der Waals surface area (Å²) < 4.78 is 10.3. The van der Waals surface area contributed by atoms with E-state index in [1.165, 1.54) is 7.11 Å². The van der Waals surface area contributed by atoms with E-state index in [-0.39, 0.29) is 11.4 Å². The summed E-state index contributed by atoms with van der Waals surface area (Å²) in [7, 11) is 3.31. The number of rotatable bonds is 6. The Bertz CT molecular complexity index is 529. The van der Waals surface area contributed by atoms with Crippen LogP contribution in [-0.2, 0) is 4.74 Å².